The van der Waals surface area contributed by atoms with Crippen LogP contribution in [0.2, 0.25) is 0 Å². The van der Waals surface area contributed by atoms with Crippen molar-refractivity contribution in [3.63, 3.8) is 0 Å². The number of hydrogen-bond acceptors (Lipinski definition) is 1. The van der Waals surface area contributed by atoms with Crippen LogP contribution in [0.1, 0.15) is 6.42 Å². The molecule has 1 rings (SSSR count). The molecule has 56 valence electrons. The van der Waals surface area contributed by atoms with Gasteiger partial charge in [-0.25, -0.2) is 12.2 Å². The van der Waals surface area contributed by atoms with Crippen LogP contribution in [0.25, 0.3) is 0 Å². The van der Waals surface area contributed by atoms with Crippen LogP contribution in [0, 0.1) is 12.0 Å². The van der Waals surface area contributed by atoms with Gasteiger partial charge in [-0.3, -0.25) is 6.08 Å². The largest absolute Gasteiger partial charge is 1.00 e. The summed E-state index contributed by atoms with van der Waals surface area (Å²) < 4.78 is 0. The van der Waals surface area contributed by atoms with E-state index < -0.39 is 0 Å². The Kier molecular flexibility index (Phi) is 5.68. The van der Waals surface area contributed by atoms with Crippen molar-refractivity contribution in [2.24, 2.45) is 5.92 Å². The minimum atomic E-state index is 0. The zero-order chi connectivity index (χ0) is 7.40. The number of rotatable bonds is 3. The summed E-state index contributed by atoms with van der Waals surface area (Å²) in [5, 5.41) is 0. The maximum atomic E-state index is 3.25. The van der Waals surface area contributed by atoms with Crippen molar-refractivity contribution in [2.75, 3.05) is 20.6 Å². The molecule has 1 unspecified atom stereocenters. The molecule has 1 nitrogen and oxygen atoms in total. The van der Waals surface area contributed by atoms with Gasteiger partial charge in [0.05, 0.1) is 0 Å². The van der Waals surface area contributed by atoms with E-state index in [1.807, 2.05) is 6.08 Å². The molecule has 0 spiro atoms. The van der Waals surface area contributed by atoms with Gasteiger partial charge in [0, 0.05) is 0 Å². The Bertz CT molecular complexity index is 138. The third-order valence-corrected chi connectivity index (χ3v) is 1.64. The first-order chi connectivity index (χ1) is 4.79. The fraction of sp³-hybridized carbons (Fsp3) is 0.556. The van der Waals surface area contributed by atoms with Gasteiger partial charge in [0.2, 0.25) is 0 Å². The van der Waals surface area contributed by atoms with Gasteiger partial charge in [-0.15, -0.1) is 0 Å². The Balaban J connectivity index is 0.000001000. The maximum absolute atomic E-state index is 3.25. The second-order valence-electron chi connectivity index (χ2n) is 2.92. The standard InChI is InChI=1S/C9H14N.Li/c1-10(2)8-7-9-5-3-4-6-9;/h3-5,9H,7-8H2,1-2H3;/q-1;+1. The Morgan fingerprint density at radius 3 is 2.64 bits per heavy atom. The Hall–Kier alpha value is 0.0374. The van der Waals surface area contributed by atoms with Crippen LogP contribution >= 0.6 is 0 Å². The predicted molar refractivity (Wildman–Crippen MR) is 43.6 cm³/mol. The van der Waals surface area contributed by atoms with E-state index in [2.05, 4.69) is 37.2 Å². The molecule has 1 aliphatic rings. The second-order valence-corrected chi connectivity index (χ2v) is 2.92. The van der Waals surface area contributed by atoms with Crippen molar-refractivity contribution in [3.8, 4) is 0 Å². The van der Waals surface area contributed by atoms with Crippen LogP contribution in [0.5, 0.6) is 0 Å². The molecule has 0 aromatic heterocycles. The van der Waals surface area contributed by atoms with Crippen molar-refractivity contribution < 1.29 is 18.9 Å². The first-order valence-electron chi connectivity index (χ1n) is 3.70. The average Bonchev–Trinajstić information content (AvgIpc) is 2.34. The quantitative estimate of drug-likeness (QED) is 0.343. The maximum Gasteiger partial charge on any atom is 1.00 e. The van der Waals surface area contributed by atoms with E-state index in [0.29, 0.717) is 5.92 Å². The van der Waals surface area contributed by atoms with Crippen molar-refractivity contribution in [3.05, 3.63) is 24.3 Å². The van der Waals surface area contributed by atoms with E-state index in [1.165, 1.54) is 6.42 Å². The third-order valence-electron chi connectivity index (χ3n) is 1.64. The van der Waals surface area contributed by atoms with Crippen LogP contribution in [0.4, 0.5) is 0 Å². The summed E-state index contributed by atoms with van der Waals surface area (Å²) in [6.45, 7) is 1.15. The number of allylic oxidation sites excluding steroid dienone is 4. The molecule has 0 heterocycles. The summed E-state index contributed by atoms with van der Waals surface area (Å²) >= 11 is 0. The zero-order valence-electron chi connectivity index (χ0n) is 7.67. The zero-order valence-corrected chi connectivity index (χ0v) is 7.67. The number of hydrogen-bond donors (Lipinski definition) is 0. The van der Waals surface area contributed by atoms with E-state index >= 15 is 0 Å². The van der Waals surface area contributed by atoms with Crippen LogP contribution < -0.4 is 18.9 Å². The van der Waals surface area contributed by atoms with Gasteiger partial charge in [-0.05, 0) is 27.1 Å². The van der Waals surface area contributed by atoms with Gasteiger partial charge in [0.25, 0.3) is 0 Å². The number of nitrogens with zero attached hydrogens (tertiary/aromatic N) is 1. The van der Waals surface area contributed by atoms with Gasteiger partial charge >= 0.3 is 18.9 Å². The fourth-order valence-electron chi connectivity index (χ4n) is 1.00. The van der Waals surface area contributed by atoms with Crippen LogP contribution in [-0.2, 0) is 0 Å². The molecular formula is C9H14LiN. The summed E-state index contributed by atoms with van der Waals surface area (Å²) in [7, 11) is 4.20. The summed E-state index contributed by atoms with van der Waals surface area (Å²) in [6, 6.07) is 0. The van der Waals surface area contributed by atoms with Crippen LogP contribution in [0.15, 0.2) is 18.2 Å². The minimum absolute atomic E-state index is 0. The molecule has 1 atom stereocenters. The summed E-state index contributed by atoms with van der Waals surface area (Å²) in [5.41, 5.74) is 0. The molecule has 0 aromatic rings. The molecule has 1 aliphatic carbocycles. The molecule has 0 fully saturated rings. The van der Waals surface area contributed by atoms with E-state index in [4.69, 9.17) is 0 Å². The van der Waals surface area contributed by atoms with Crippen molar-refractivity contribution in [1.29, 1.82) is 0 Å². The summed E-state index contributed by atoms with van der Waals surface area (Å²) in [6.07, 6.45) is 10.7. The fourth-order valence-corrected chi connectivity index (χ4v) is 1.00. The smallest absolute Gasteiger partial charge is 0.309 e. The van der Waals surface area contributed by atoms with Crippen LogP contribution in [0.3, 0.4) is 0 Å². The van der Waals surface area contributed by atoms with Crippen molar-refractivity contribution in [1.82, 2.24) is 4.90 Å². The molecule has 0 aliphatic heterocycles. The van der Waals surface area contributed by atoms with Gasteiger partial charge in [0.15, 0.2) is 0 Å². The minimum Gasteiger partial charge on any atom is -0.309 e. The van der Waals surface area contributed by atoms with Gasteiger partial charge in [-0.1, -0.05) is 5.92 Å². The average molecular weight is 143 g/mol. The van der Waals surface area contributed by atoms with Gasteiger partial charge in [0.1, 0.15) is 0 Å². The molecule has 2 heteroatoms. The first kappa shape index (κ1) is 11.0. The van der Waals surface area contributed by atoms with Gasteiger partial charge < -0.3 is 4.90 Å². The first-order valence-corrected chi connectivity index (χ1v) is 3.70. The summed E-state index contributed by atoms with van der Waals surface area (Å²) in [4.78, 5) is 2.20. The molecule has 0 N–H and O–H groups in total. The Labute approximate surface area is 81.3 Å². The molecular weight excluding hydrogens is 129 g/mol. The molecule has 11 heavy (non-hydrogen) atoms. The molecule has 0 saturated heterocycles. The molecule has 0 aromatic carbocycles. The summed E-state index contributed by atoms with van der Waals surface area (Å²) in [5.74, 6) is 0.572. The van der Waals surface area contributed by atoms with Crippen molar-refractivity contribution in [2.45, 2.75) is 6.42 Å². The van der Waals surface area contributed by atoms with E-state index in [1.54, 1.807) is 0 Å². The van der Waals surface area contributed by atoms with E-state index in [9.17, 15) is 0 Å². The predicted octanol–water partition coefficient (Wildman–Crippen LogP) is -1.51. The normalized spacial score (nSPS) is 20.8. The van der Waals surface area contributed by atoms with E-state index in [-0.39, 0.29) is 18.9 Å². The molecule has 0 bridgehead atoms. The third kappa shape index (κ3) is 4.47. The molecule has 0 saturated carbocycles. The molecule has 0 radical (unpaired) electrons. The van der Waals surface area contributed by atoms with Crippen LogP contribution in [-0.4, -0.2) is 25.5 Å². The van der Waals surface area contributed by atoms with Gasteiger partial charge in [-0.2, -0.15) is 6.08 Å². The Morgan fingerprint density at radius 1 is 1.45 bits per heavy atom. The van der Waals surface area contributed by atoms with E-state index in [0.717, 1.165) is 6.54 Å². The van der Waals surface area contributed by atoms with Crippen molar-refractivity contribution >= 4 is 0 Å². The SMILES string of the molecule is CN(C)CCC1[C-]=CC=C1.[Li+]. The Morgan fingerprint density at radius 2 is 2.18 bits per heavy atom. The second kappa shape index (κ2) is 5.66. The monoisotopic (exact) mass is 143 g/mol. The topological polar surface area (TPSA) is 3.24 Å². The molecule has 0 amide bonds.